The molecule has 4 rings (SSSR count). The molecule has 1 aliphatic carbocycles. The zero-order valence-corrected chi connectivity index (χ0v) is 14.5. The summed E-state index contributed by atoms with van der Waals surface area (Å²) < 4.78 is 11.4. The predicted molar refractivity (Wildman–Crippen MR) is 94.4 cm³/mol. The predicted octanol–water partition coefficient (Wildman–Crippen LogP) is 2.12. The van der Waals surface area contributed by atoms with Gasteiger partial charge in [0.1, 0.15) is 12.4 Å². The van der Waals surface area contributed by atoms with E-state index in [4.69, 9.17) is 14.6 Å². The van der Waals surface area contributed by atoms with Gasteiger partial charge in [-0.05, 0) is 24.5 Å². The number of carboxylic acid groups (broad SMARTS) is 1. The zero-order valence-electron chi connectivity index (χ0n) is 14.5. The fourth-order valence-electron chi connectivity index (χ4n) is 4.59. The minimum absolute atomic E-state index is 0.0375. The van der Waals surface area contributed by atoms with E-state index in [-0.39, 0.29) is 13.0 Å². The molecule has 0 radical (unpaired) electrons. The molecule has 2 heterocycles. The number of rotatable bonds is 7. The first-order valence-corrected chi connectivity index (χ1v) is 9.31. The number of benzene rings is 1. The number of fused-ring (bicyclic) bond motifs is 3. The first-order chi connectivity index (χ1) is 12.3. The average Bonchev–Trinajstić information content (AvgIpc) is 3.10. The topological polar surface area (TPSA) is 71.0 Å². The molecule has 136 valence electrons. The SMILES string of the molecule is O=C(O)CCOCCOc1ccc2c3c1[C@H]1CCC[C@H]1N3CCNC2. The quantitative estimate of drug-likeness (QED) is 0.737. The van der Waals surface area contributed by atoms with Gasteiger partial charge in [-0.25, -0.2) is 0 Å². The molecule has 1 aromatic carbocycles. The van der Waals surface area contributed by atoms with Crippen LogP contribution < -0.4 is 15.0 Å². The minimum Gasteiger partial charge on any atom is -0.491 e. The summed E-state index contributed by atoms with van der Waals surface area (Å²) in [6.45, 7) is 4.15. The van der Waals surface area contributed by atoms with Crippen molar-refractivity contribution in [3.63, 3.8) is 0 Å². The third kappa shape index (κ3) is 3.20. The van der Waals surface area contributed by atoms with Gasteiger partial charge in [0.25, 0.3) is 0 Å². The molecule has 0 saturated heterocycles. The number of aliphatic carboxylic acids is 1. The summed E-state index contributed by atoms with van der Waals surface area (Å²) in [7, 11) is 0. The second-order valence-electron chi connectivity index (χ2n) is 7.06. The molecule has 2 aliphatic heterocycles. The van der Waals surface area contributed by atoms with Crippen LogP contribution in [-0.4, -0.2) is 50.0 Å². The van der Waals surface area contributed by atoms with Crippen molar-refractivity contribution in [3.8, 4) is 5.75 Å². The summed E-state index contributed by atoms with van der Waals surface area (Å²) in [5, 5.41) is 12.1. The number of carboxylic acids is 1. The molecular weight excluding hydrogens is 320 g/mol. The summed E-state index contributed by atoms with van der Waals surface area (Å²) in [6, 6.07) is 4.92. The minimum atomic E-state index is -0.833. The van der Waals surface area contributed by atoms with Crippen LogP contribution in [0.4, 0.5) is 5.69 Å². The van der Waals surface area contributed by atoms with Crippen LogP contribution in [-0.2, 0) is 16.1 Å². The van der Waals surface area contributed by atoms with Gasteiger partial charge in [-0.3, -0.25) is 4.79 Å². The van der Waals surface area contributed by atoms with Gasteiger partial charge in [-0.1, -0.05) is 12.5 Å². The lowest BCUT2D eigenvalue weighted by Crippen LogP contribution is -2.35. The molecule has 0 aromatic heterocycles. The largest absolute Gasteiger partial charge is 0.491 e. The lowest BCUT2D eigenvalue weighted by Gasteiger charge is -2.26. The van der Waals surface area contributed by atoms with E-state index in [0.717, 1.165) is 25.4 Å². The van der Waals surface area contributed by atoms with E-state index in [0.29, 0.717) is 25.2 Å². The van der Waals surface area contributed by atoms with Gasteiger partial charge in [0.2, 0.25) is 0 Å². The molecule has 2 N–H and O–H groups in total. The molecule has 6 nitrogen and oxygen atoms in total. The number of nitrogens with one attached hydrogen (secondary N) is 1. The van der Waals surface area contributed by atoms with Crippen molar-refractivity contribution in [1.82, 2.24) is 5.32 Å². The molecule has 6 heteroatoms. The Hall–Kier alpha value is -1.79. The van der Waals surface area contributed by atoms with Crippen molar-refractivity contribution in [3.05, 3.63) is 23.3 Å². The molecule has 2 atom stereocenters. The van der Waals surface area contributed by atoms with Crippen LogP contribution in [0.25, 0.3) is 0 Å². The molecular formula is C19H26N2O4. The van der Waals surface area contributed by atoms with E-state index >= 15 is 0 Å². The van der Waals surface area contributed by atoms with Crippen LogP contribution in [0.2, 0.25) is 0 Å². The highest BCUT2D eigenvalue weighted by Crippen LogP contribution is 2.54. The van der Waals surface area contributed by atoms with Crippen LogP contribution in [0.1, 0.15) is 42.7 Å². The van der Waals surface area contributed by atoms with Gasteiger partial charge < -0.3 is 24.8 Å². The summed E-state index contributed by atoms with van der Waals surface area (Å²) in [6.07, 6.45) is 3.85. The molecule has 1 fully saturated rings. The Morgan fingerprint density at radius 2 is 2.20 bits per heavy atom. The Morgan fingerprint density at radius 1 is 1.28 bits per heavy atom. The molecule has 3 aliphatic rings. The van der Waals surface area contributed by atoms with Crippen molar-refractivity contribution >= 4 is 11.7 Å². The smallest absolute Gasteiger partial charge is 0.305 e. The van der Waals surface area contributed by atoms with Crippen molar-refractivity contribution in [2.45, 2.75) is 44.2 Å². The van der Waals surface area contributed by atoms with Crippen LogP contribution in [0.15, 0.2) is 12.1 Å². The number of nitrogens with zero attached hydrogens (tertiary/aromatic N) is 1. The van der Waals surface area contributed by atoms with E-state index in [1.54, 1.807) is 0 Å². The number of carbonyl (C=O) groups is 1. The second kappa shape index (κ2) is 7.22. The maximum atomic E-state index is 10.5. The monoisotopic (exact) mass is 346 g/mol. The van der Waals surface area contributed by atoms with Gasteiger partial charge in [0.05, 0.1) is 19.6 Å². The van der Waals surface area contributed by atoms with E-state index < -0.39 is 5.97 Å². The molecule has 1 aromatic rings. The number of anilines is 1. The van der Waals surface area contributed by atoms with Gasteiger partial charge in [0, 0.05) is 42.8 Å². The Morgan fingerprint density at radius 3 is 3.08 bits per heavy atom. The second-order valence-corrected chi connectivity index (χ2v) is 7.06. The lowest BCUT2D eigenvalue weighted by molar-refractivity contribution is -0.138. The Balaban J connectivity index is 1.47. The first-order valence-electron chi connectivity index (χ1n) is 9.31. The molecule has 0 spiro atoms. The van der Waals surface area contributed by atoms with Gasteiger partial charge in [-0.15, -0.1) is 0 Å². The number of ether oxygens (including phenoxy) is 2. The van der Waals surface area contributed by atoms with Crippen LogP contribution in [0, 0.1) is 0 Å². The van der Waals surface area contributed by atoms with E-state index in [2.05, 4.69) is 22.3 Å². The normalized spacial score (nSPS) is 23.9. The summed E-state index contributed by atoms with van der Waals surface area (Å²) >= 11 is 0. The van der Waals surface area contributed by atoms with Crippen molar-refractivity contribution in [2.75, 3.05) is 37.8 Å². The molecule has 0 amide bonds. The van der Waals surface area contributed by atoms with E-state index in [1.165, 1.54) is 36.1 Å². The molecule has 0 bridgehead atoms. The van der Waals surface area contributed by atoms with Crippen LogP contribution in [0.5, 0.6) is 5.75 Å². The van der Waals surface area contributed by atoms with Crippen LogP contribution in [0.3, 0.4) is 0 Å². The number of hydrogen-bond acceptors (Lipinski definition) is 5. The van der Waals surface area contributed by atoms with Crippen molar-refractivity contribution < 1.29 is 19.4 Å². The standard InChI is InChI=1S/C19H26N2O4/c22-17(23)6-9-24-10-11-25-16-5-4-13-12-20-7-8-21-15-3-1-2-14(15)18(16)19(13)21/h4-5,14-15,20H,1-3,6-12H2,(H,22,23)/t14-,15+/m0/s1. The summed E-state index contributed by atoms with van der Waals surface area (Å²) in [5.74, 6) is 0.749. The van der Waals surface area contributed by atoms with Gasteiger partial charge in [0.15, 0.2) is 0 Å². The van der Waals surface area contributed by atoms with Gasteiger partial charge >= 0.3 is 5.97 Å². The average molecular weight is 346 g/mol. The summed E-state index contributed by atoms with van der Waals surface area (Å²) in [5.41, 5.74) is 4.19. The maximum Gasteiger partial charge on any atom is 0.305 e. The molecule has 1 saturated carbocycles. The maximum absolute atomic E-state index is 10.5. The fraction of sp³-hybridized carbons (Fsp3) is 0.632. The van der Waals surface area contributed by atoms with Gasteiger partial charge in [-0.2, -0.15) is 0 Å². The van der Waals surface area contributed by atoms with E-state index in [1.807, 2.05) is 0 Å². The highest BCUT2D eigenvalue weighted by Gasteiger charge is 2.44. The highest BCUT2D eigenvalue weighted by atomic mass is 16.5. The molecule has 0 unspecified atom stereocenters. The van der Waals surface area contributed by atoms with E-state index in [9.17, 15) is 4.79 Å². The lowest BCUT2D eigenvalue weighted by atomic mass is 9.95. The Kier molecular flexibility index (Phi) is 4.81. The summed E-state index contributed by atoms with van der Waals surface area (Å²) in [4.78, 5) is 13.1. The zero-order chi connectivity index (χ0) is 17.2. The first kappa shape index (κ1) is 16.7. The van der Waals surface area contributed by atoms with Crippen molar-refractivity contribution in [2.24, 2.45) is 0 Å². The third-order valence-electron chi connectivity index (χ3n) is 5.59. The highest BCUT2D eigenvalue weighted by molar-refractivity contribution is 5.72. The molecule has 25 heavy (non-hydrogen) atoms. The fourth-order valence-corrected chi connectivity index (χ4v) is 4.59. The van der Waals surface area contributed by atoms with Crippen LogP contribution >= 0.6 is 0 Å². The van der Waals surface area contributed by atoms with Crippen molar-refractivity contribution in [1.29, 1.82) is 0 Å². The Labute approximate surface area is 148 Å². The third-order valence-corrected chi connectivity index (χ3v) is 5.59. The number of hydrogen-bond donors (Lipinski definition) is 2. The Bertz CT molecular complexity index is 649.